The summed E-state index contributed by atoms with van der Waals surface area (Å²) >= 11 is 0. The van der Waals surface area contributed by atoms with Gasteiger partial charge in [-0.05, 0) is 49.4 Å². The van der Waals surface area contributed by atoms with E-state index in [1.807, 2.05) is 0 Å². The Labute approximate surface area is 130 Å². The van der Waals surface area contributed by atoms with E-state index in [-0.39, 0.29) is 0 Å². The van der Waals surface area contributed by atoms with E-state index in [4.69, 9.17) is 0 Å². The van der Waals surface area contributed by atoms with Gasteiger partial charge in [0.05, 0.1) is 0 Å². The van der Waals surface area contributed by atoms with Gasteiger partial charge in [-0.1, -0.05) is 31.9 Å². The molecule has 0 radical (unpaired) electrons. The SMILES string of the molecule is C[C@H]1CCCC[C@H]1N1CCN(C[C@@H]2C[C@H]3C=C[C@H]2C3)CC1. The molecule has 2 nitrogen and oxygen atoms in total. The molecule has 0 aromatic rings. The molecule has 1 heterocycles. The maximum atomic E-state index is 2.82. The maximum Gasteiger partial charge on any atom is 0.0122 e. The van der Waals surface area contributed by atoms with Gasteiger partial charge in [0.15, 0.2) is 0 Å². The fraction of sp³-hybridized carbons (Fsp3) is 0.895. The van der Waals surface area contributed by atoms with Crippen LogP contribution in [0.1, 0.15) is 45.4 Å². The molecule has 1 aliphatic heterocycles. The van der Waals surface area contributed by atoms with Gasteiger partial charge in [-0.15, -0.1) is 0 Å². The molecule has 118 valence electrons. The van der Waals surface area contributed by atoms with Crippen LogP contribution in [-0.4, -0.2) is 48.6 Å². The van der Waals surface area contributed by atoms with Crippen molar-refractivity contribution in [3.05, 3.63) is 12.2 Å². The first-order chi connectivity index (χ1) is 10.3. The minimum Gasteiger partial charge on any atom is -0.300 e. The molecule has 3 aliphatic carbocycles. The normalized spacial score (nSPS) is 44.5. The Bertz CT molecular complexity index is 383. The van der Waals surface area contributed by atoms with Crippen LogP contribution in [0, 0.1) is 23.7 Å². The number of fused-ring (bicyclic) bond motifs is 2. The topological polar surface area (TPSA) is 6.48 Å². The Balaban J connectivity index is 1.26. The van der Waals surface area contributed by atoms with Gasteiger partial charge in [-0.3, -0.25) is 4.90 Å². The molecule has 1 saturated heterocycles. The lowest BCUT2D eigenvalue weighted by Gasteiger charge is -2.44. The highest BCUT2D eigenvalue weighted by Crippen LogP contribution is 2.43. The zero-order valence-corrected chi connectivity index (χ0v) is 13.7. The molecule has 0 N–H and O–H groups in total. The lowest BCUT2D eigenvalue weighted by Crippen LogP contribution is -2.53. The van der Waals surface area contributed by atoms with Crippen LogP contribution in [0.5, 0.6) is 0 Å². The molecule has 2 saturated carbocycles. The third kappa shape index (κ3) is 2.94. The van der Waals surface area contributed by atoms with E-state index in [0.29, 0.717) is 0 Å². The van der Waals surface area contributed by atoms with Crippen molar-refractivity contribution in [1.82, 2.24) is 9.80 Å². The van der Waals surface area contributed by atoms with Crippen molar-refractivity contribution in [3.8, 4) is 0 Å². The summed E-state index contributed by atoms with van der Waals surface area (Å²) in [5, 5.41) is 0. The van der Waals surface area contributed by atoms with Gasteiger partial charge in [-0.25, -0.2) is 0 Å². The van der Waals surface area contributed by atoms with E-state index in [9.17, 15) is 0 Å². The monoisotopic (exact) mass is 288 g/mol. The molecule has 0 aromatic carbocycles. The predicted molar refractivity (Wildman–Crippen MR) is 88.3 cm³/mol. The van der Waals surface area contributed by atoms with Crippen molar-refractivity contribution in [3.63, 3.8) is 0 Å². The summed E-state index contributed by atoms with van der Waals surface area (Å²) in [5.41, 5.74) is 0. The lowest BCUT2D eigenvalue weighted by atomic mass is 9.84. The molecule has 3 fully saturated rings. The molecule has 0 amide bonds. The van der Waals surface area contributed by atoms with Gasteiger partial charge in [0.2, 0.25) is 0 Å². The fourth-order valence-electron chi connectivity index (χ4n) is 5.55. The van der Waals surface area contributed by atoms with Crippen LogP contribution >= 0.6 is 0 Å². The second-order valence-corrected chi connectivity index (χ2v) is 8.21. The Morgan fingerprint density at radius 2 is 1.76 bits per heavy atom. The van der Waals surface area contributed by atoms with E-state index in [2.05, 4.69) is 28.9 Å². The average Bonchev–Trinajstić information content (AvgIpc) is 3.11. The third-order valence-electron chi connectivity index (χ3n) is 6.85. The zero-order valence-electron chi connectivity index (χ0n) is 13.7. The van der Waals surface area contributed by atoms with E-state index in [0.717, 1.165) is 29.7 Å². The fourth-order valence-corrected chi connectivity index (χ4v) is 5.55. The van der Waals surface area contributed by atoms with Crippen molar-refractivity contribution in [2.24, 2.45) is 23.7 Å². The summed E-state index contributed by atoms with van der Waals surface area (Å²) < 4.78 is 0. The number of hydrogen-bond acceptors (Lipinski definition) is 2. The molecule has 4 rings (SSSR count). The summed E-state index contributed by atoms with van der Waals surface area (Å²) in [6, 6.07) is 0.895. The first-order valence-electron chi connectivity index (χ1n) is 9.44. The summed E-state index contributed by atoms with van der Waals surface area (Å²) in [6.07, 6.45) is 13.8. The predicted octanol–water partition coefficient (Wildman–Crippen LogP) is 3.39. The van der Waals surface area contributed by atoms with Crippen molar-refractivity contribution in [1.29, 1.82) is 0 Å². The molecule has 0 aromatic heterocycles. The Morgan fingerprint density at radius 1 is 0.952 bits per heavy atom. The van der Waals surface area contributed by atoms with Crippen molar-refractivity contribution >= 4 is 0 Å². The molecule has 4 aliphatic rings. The number of allylic oxidation sites excluding steroid dienone is 2. The van der Waals surface area contributed by atoms with Crippen LogP contribution in [0.4, 0.5) is 0 Å². The van der Waals surface area contributed by atoms with E-state index >= 15 is 0 Å². The van der Waals surface area contributed by atoms with Gasteiger partial charge in [0.1, 0.15) is 0 Å². The largest absolute Gasteiger partial charge is 0.300 e. The average molecular weight is 288 g/mol. The molecule has 21 heavy (non-hydrogen) atoms. The summed E-state index contributed by atoms with van der Waals surface area (Å²) in [5.74, 6) is 3.76. The zero-order chi connectivity index (χ0) is 14.2. The molecular formula is C19H32N2. The van der Waals surface area contributed by atoms with Gasteiger partial charge in [-0.2, -0.15) is 0 Å². The highest BCUT2D eigenvalue weighted by molar-refractivity contribution is 5.10. The summed E-state index contributed by atoms with van der Waals surface area (Å²) in [7, 11) is 0. The van der Waals surface area contributed by atoms with Crippen LogP contribution in [0.2, 0.25) is 0 Å². The van der Waals surface area contributed by atoms with Crippen LogP contribution in [0.15, 0.2) is 12.2 Å². The molecule has 2 bridgehead atoms. The summed E-state index contributed by atoms with van der Waals surface area (Å²) in [4.78, 5) is 5.59. The quantitative estimate of drug-likeness (QED) is 0.735. The molecule has 0 unspecified atom stereocenters. The van der Waals surface area contributed by atoms with E-state index in [1.165, 1.54) is 71.2 Å². The minimum absolute atomic E-state index is 0.895. The smallest absolute Gasteiger partial charge is 0.0122 e. The summed E-state index contributed by atoms with van der Waals surface area (Å²) in [6.45, 7) is 9.15. The van der Waals surface area contributed by atoms with Crippen molar-refractivity contribution < 1.29 is 0 Å². The van der Waals surface area contributed by atoms with Crippen LogP contribution in [0.25, 0.3) is 0 Å². The number of hydrogen-bond donors (Lipinski definition) is 0. The first kappa shape index (κ1) is 14.3. The second-order valence-electron chi connectivity index (χ2n) is 8.21. The third-order valence-corrected chi connectivity index (χ3v) is 6.85. The number of rotatable bonds is 3. The molecule has 2 heteroatoms. The van der Waals surface area contributed by atoms with Crippen molar-refractivity contribution in [2.45, 2.75) is 51.5 Å². The highest BCUT2D eigenvalue weighted by atomic mass is 15.3. The molecule has 0 spiro atoms. The van der Waals surface area contributed by atoms with Crippen LogP contribution in [-0.2, 0) is 0 Å². The maximum absolute atomic E-state index is 2.82. The van der Waals surface area contributed by atoms with E-state index in [1.54, 1.807) is 0 Å². The minimum atomic E-state index is 0.895. The van der Waals surface area contributed by atoms with Gasteiger partial charge in [0, 0.05) is 38.8 Å². The second kappa shape index (κ2) is 6.04. The Hall–Kier alpha value is -0.340. The van der Waals surface area contributed by atoms with Gasteiger partial charge >= 0.3 is 0 Å². The van der Waals surface area contributed by atoms with Crippen LogP contribution < -0.4 is 0 Å². The van der Waals surface area contributed by atoms with Gasteiger partial charge < -0.3 is 4.90 Å². The first-order valence-corrected chi connectivity index (χ1v) is 9.44. The highest BCUT2D eigenvalue weighted by Gasteiger charge is 2.37. The Morgan fingerprint density at radius 3 is 2.43 bits per heavy atom. The molecule has 5 atom stereocenters. The lowest BCUT2D eigenvalue weighted by molar-refractivity contribution is 0.0471. The number of nitrogens with zero attached hydrogens (tertiary/aromatic N) is 2. The molecular weight excluding hydrogens is 256 g/mol. The Kier molecular flexibility index (Phi) is 4.10. The van der Waals surface area contributed by atoms with Gasteiger partial charge in [0.25, 0.3) is 0 Å². The van der Waals surface area contributed by atoms with E-state index < -0.39 is 0 Å². The standard InChI is InChI=1S/C19H32N2/c1-15-4-2-3-5-19(15)21-10-8-20(9-11-21)14-18-13-16-6-7-17(18)12-16/h6-7,15-19H,2-5,8-14H2,1H3/t15-,16-,17-,18-,19+/m0/s1. The van der Waals surface area contributed by atoms with Crippen molar-refractivity contribution in [2.75, 3.05) is 32.7 Å². The van der Waals surface area contributed by atoms with Crippen LogP contribution in [0.3, 0.4) is 0 Å². The number of piperazine rings is 1.